The van der Waals surface area contributed by atoms with Crippen LogP contribution in [-0.4, -0.2) is 14.9 Å². The lowest BCUT2D eigenvalue weighted by Gasteiger charge is -2.11. The van der Waals surface area contributed by atoms with E-state index in [1.807, 2.05) is 43.0 Å². The Labute approximate surface area is 115 Å². The van der Waals surface area contributed by atoms with Crippen LogP contribution >= 0.6 is 15.9 Å². The lowest BCUT2D eigenvalue weighted by molar-refractivity contribution is 0.282. The van der Waals surface area contributed by atoms with E-state index in [0.29, 0.717) is 6.54 Å². The Kier molecular flexibility index (Phi) is 4.04. The number of anilines is 1. The lowest BCUT2D eigenvalue weighted by Crippen LogP contribution is -2.04. The molecule has 0 saturated carbocycles. The third-order valence-corrected chi connectivity index (χ3v) is 3.54. The molecule has 2 rings (SSSR count). The molecule has 1 aromatic carbocycles. The molecule has 0 aliphatic rings. The van der Waals surface area contributed by atoms with E-state index in [2.05, 4.69) is 26.3 Å². The molecular formula is C13H16BrN3O. The second-order valence-corrected chi connectivity index (χ2v) is 5.11. The van der Waals surface area contributed by atoms with Gasteiger partial charge in [-0.1, -0.05) is 15.9 Å². The SMILES string of the molecule is Cc1c(CNc2ccc(Br)cc2CO)cnn1C. The first-order chi connectivity index (χ1) is 8.61. The van der Waals surface area contributed by atoms with Gasteiger partial charge >= 0.3 is 0 Å². The van der Waals surface area contributed by atoms with Gasteiger partial charge in [0.05, 0.1) is 12.8 Å². The summed E-state index contributed by atoms with van der Waals surface area (Å²) in [6.45, 7) is 2.76. The van der Waals surface area contributed by atoms with Gasteiger partial charge in [0, 0.05) is 40.6 Å². The number of aliphatic hydroxyl groups is 1. The number of aliphatic hydroxyl groups excluding tert-OH is 1. The lowest BCUT2D eigenvalue weighted by atomic mass is 10.2. The van der Waals surface area contributed by atoms with E-state index in [9.17, 15) is 5.11 Å². The standard InChI is InChI=1S/C13H16BrN3O/c1-9-11(7-16-17(9)2)6-15-13-4-3-12(14)5-10(13)8-18/h3-5,7,15,18H,6,8H2,1-2H3. The number of aryl methyl sites for hydroxylation is 1. The topological polar surface area (TPSA) is 50.1 Å². The van der Waals surface area contributed by atoms with Crippen LogP contribution < -0.4 is 5.32 Å². The number of nitrogens with one attached hydrogen (secondary N) is 1. The van der Waals surface area contributed by atoms with Crippen LogP contribution in [0.2, 0.25) is 0 Å². The van der Waals surface area contributed by atoms with Crippen molar-refractivity contribution >= 4 is 21.6 Å². The number of aromatic nitrogens is 2. The van der Waals surface area contributed by atoms with E-state index >= 15 is 0 Å². The molecule has 1 aromatic heterocycles. The molecule has 0 amide bonds. The molecule has 18 heavy (non-hydrogen) atoms. The van der Waals surface area contributed by atoms with Gasteiger partial charge in [-0.15, -0.1) is 0 Å². The third kappa shape index (κ3) is 2.73. The normalized spacial score (nSPS) is 10.7. The summed E-state index contributed by atoms with van der Waals surface area (Å²) in [7, 11) is 1.93. The monoisotopic (exact) mass is 309 g/mol. The molecule has 0 unspecified atom stereocenters. The summed E-state index contributed by atoms with van der Waals surface area (Å²) in [6, 6.07) is 5.83. The van der Waals surface area contributed by atoms with Crippen LogP contribution in [0.4, 0.5) is 5.69 Å². The fourth-order valence-corrected chi connectivity index (χ4v) is 2.18. The summed E-state index contributed by atoms with van der Waals surface area (Å²) >= 11 is 3.40. The smallest absolute Gasteiger partial charge is 0.0702 e. The van der Waals surface area contributed by atoms with Gasteiger partial charge in [0.1, 0.15) is 0 Å². The summed E-state index contributed by atoms with van der Waals surface area (Å²) in [5.74, 6) is 0. The Morgan fingerprint density at radius 3 is 2.78 bits per heavy atom. The third-order valence-electron chi connectivity index (χ3n) is 3.04. The maximum atomic E-state index is 9.32. The van der Waals surface area contributed by atoms with Gasteiger partial charge in [-0.05, 0) is 25.1 Å². The summed E-state index contributed by atoms with van der Waals surface area (Å²) < 4.78 is 2.82. The number of rotatable bonds is 4. The molecule has 0 saturated heterocycles. The van der Waals surface area contributed by atoms with Gasteiger partial charge in [0.2, 0.25) is 0 Å². The quantitative estimate of drug-likeness (QED) is 0.912. The van der Waals surface area contributed by atoms with Gasteiger partial charge in [-0.3, -0.25) is 4.68 Å². The molecule has 0 bridgehead atoms. The molecule has 96 valence electrons. The molecule has 1 heterocycles. The summed E-state index contributed by atoms with van der Waals surface area (Å²) in [5, 5.41) is 16.9. The summed E-state index contributed by atoms with van der Waals surface area (Å²) in [6.07, 6.45) is 1.86. The van der Waals surface area contributed by atoms with Crippen molar-refractivity contribution in [2.45, 2.75) is 20.1 Å². The molecule has 0 spiro atoms. The predicted molar refractivity (Wildman–Crippen MR) is 75.3 cm³/mol. The molecule has 4 nitrogen and oxygen atoms in total. The van der Waals surface area contributed by atoms with E-state index in [1.165, 1.54) is 0 Å². The zero-order valence-corrected chi connectivity index (χ0v) is 12.0. The zero-order valence-electron chi connectivity index (χ0n) is 10.4. The van der Waals surface area contributed by atoms with Crippen LogP contribution in [0.25, 0.3) is 0 Å². The minimum Gasteiger partial charge on any atom is -0.392 e. The van der Waals surface area contributed by atoms with Gasteiger partial charge in [0.15, 0.2) is 0 Å². The Bertz CT molecular complexity index is 551. The molecule has 0 aliphatic heterocycles. The molecule has 2 N–H and O–H groups in total. The van der Waals surface area contributed by atoms with Gasteiger partial charge in [0.25, 0.3) is 0 Å². The van der Waals surface area contributed by atoms with Crippen molar-refractivity contribution in [2.24, 2.45) is 7.05 Å². The van der Waals surface area contributed by atoms with Crippen LogP contribution in [0.1, 0.15) is 16.8 Å². The Morgan fingerprint density at radius 1 is 1.39 bits per heavy atom. The van der Waals surface area contributed by atoms with E-state index < -0.39 is 0 Å². The minimum atomic E-state index is 0.0216. The fraction of sp³-hybridized carbons (Fsp3) is 0.308. The van der Waals surface area contributed by atoms with Gasteiger partial charge in [-0.25, -0.2) is 0 Å². The largest absolute Gasteiger partial charge is 0.392 e. The van der Waals surface area contributed by atoms with E-state index in [1.54, 1.807) is 0 Å². The number of halogens is 1. The molecule has 2 aromatic rings. The van der Waals surface area contributed by atoms with Crippen LogP contribution in [0.5, 0.6) is 0 Å². The second kappa shape index (κ2) is 5.54. The molecule has 0 atom stereocenters. The van der Waals surface area contributed by atoms with E-state index in [4.69, 9.17) is 0 Å². The highest BCUT2D eigenvalue weighted by Crippen LogP contribution is 2.22. The number of hydrogen-bond donors (Lipinski definition) is 2. The van der Waals surface area contributed by atoms with Crippen molar-refractivity contribution in [3.8, 4) is 0 Å². The average Bonchev–Trinajstić information content (AvgIpc) is 2.68. The molecule has 0 radical (unpaired) electrons. The van der Waals surface area contributed by atoms with Crippen LogP contribution in [0, 0.1) is 6.92 Å². The van der Waals surface area contributed by atoms with Crippen LogP contribution in [-0.2, 0) is 20.2 Å². The zero-order chi connectivity index (χ0) is 13.1. The molecule has 0 fully saturated rings. The highest BCUT2D eigenvalue weighted by atomic mass is 79.9. The van der Waals surface area contributed by atoms with Gasteiger partial charge < -0.3 is 10.4 Å². The molecule has 5 heteroatoms. The highest BCUT2D eigenvalue weighted by Gasteiger charge is 2.06. The summed E-state index contributed by atoms with van der Waals surface area (Å²) in [4.78, 5) is 0. The van der Waals surface area contributed by atoms with Crippen LogP contribution in [0.15, 0.2) is 28.9 Å². The fourth-order valence-electron chi connectivity index (χ4n) is 1.77. The van der Waals surface area contributed by atoms with Crippen molar-refractivity contribution in [3.05, 3.63) is 45.7 Å². The number of benzene rings is 1. The maximum absolute atomic E-state index is 9.32. The first-order valence-corrected chi connectivity index (χ1v) is 6.51. The summed E-state index contributed by atoms with van der Waals surface area (Å²) in [5.41, 5.74) is 4.13. The highest BCUT2D eigenvalue weighted by molar-refractivity contribution is 9.10. The predicted octanol–water partition coefficient (Wildman–Crippen LogP) is 2.60. The Hall–Kier alpha value is -1.33. The molecular weight excluding hydrogens is 294 g/mol. The van der Waals surface area contributed by atoms with Crippen molar-refractivity contribution in [1.29, 1.82) is 0 Å². The average molecular weight is 310 g/mol. The van der Waals surface area contributed by atoms with Crippen molar-refractivity contribution in [1.82, 2.24) is 9.78 Å². The maximum Gasteiger partial charge on any atom is 0.0702 e. The van der Waals surface area contributed by atoms with E-state index in [0.717, 1.165) is 27.0 Å². The van der Waals surface area contributed by atoms with E-state index in [-0.39, 0.29) is 6.61 Å². The second-order valence-electron chi connectivity index (χ2n) is 4.19. The number of hydrogen-bond acceptors (Lipinski definition) is 3. The minimum absolute atomic E-state index is 0.0216. The van der Waals surface area contributed by atoms with Crippen molar-refractivity contribution in [2.75, 3.05) is 5.32 Å². The van der Waals surface area contributed by atoms with Crippen molar-refractivity contribution < 1.29 is 5.11 Å². The Morgan fingerprint density at radius 2 is 2.17 bits per heavy atom. The Balaban J connectivity index is 2.13. The first-order valence-electron chi connectivity index (χ1n) is 5.72. The van der Waals surface area contributed by atoms with Gasteiger partial charge in [-0.2, -0.15) is 5.10 Å². The number of nitrogens with zero attached hydrogens (tertiary/aromatic N) is 2. The van der Waals surface area contributed by atoms with Crippen LogP contribution in [0.3, 0.4) is 0 Å². The van der Waals surface area contributed by atoms with Crippen molar-refractivity contribution in [3.63, 3.8) is 0 Å². The first kappa shape index (κ1) is 13.1. The molecule has 0 aliphatic carbocycles.